The predicted molar refractivity (Wildman–Crippen MR) is 64.4 cm³/mol. The van der Waals surface area contributed by atoms with Crippen LogP contribution in [-0.4, -0.2) is 14.9 Å². The Balaban J connectivity index is 2.22. The zero-order valence-corrected chi connectivity index (χ0v) is 10.8. The molecule has 0 amide bonds. The standard InChI is InChI=1S/C12H19ClN2O/c1-4-15-11(10(13)7-14-15)12(16)5-9(6-12)8(2)3/h7-9,16H,4-6H2,1-3H3. The minimum absolute atomic E-state index is 0.589. The smallest absolute Gasteiger partial charge is 0.108 e. The van der Waals surface area contributed by atoms with E-state index in [0.29, 0.717) is 16.9 Å². The number of halogens is 1. The van der Waals surface area contributed by atoms with Crippen molar-refractivity contribution in [2.24, 2.45) is 11.8 Å². The van der Waals surface area contributed by atoms with Crippen LogP contribution in [0.5, 0.6) is 0 Å². The van der Waals surface area contributed by atoms with Crippen LogP contribution in [0, 0.1) is 11.8 Å². The molecule has 1 aliphatic carbocycles. The fourth-order valence-corrected chi connectivity index (χ4v) is 2.85. The molecule has 0 atom stereocenters. The number of rotatable bonds is 3. The van der Waals surface area contributed by atoms with Gasteiger partial charge in [-0.05, 0) is 31.6 Å². The van der Waals surface area contributed by atoms with Gasteiger partial charge in [0, 0.05) is 6.54 Å². The molecule has 0 radical (unpaired) electrons. The molecule has 0 bridgehead atoms. The number of hydrogen-bond acceptors (Lipinski definition) is 2. The molecule has 0 aromatic carbocycles. The third-order valence-electron chi connectivity index (χ3n) is 3.68. The topological polar surface area (TPSA) is 38.0 Å². The molecule has 1 aromatic rings. The number of aromatic nitrogens is 2. The first-order valence-electron chi connectivity index (χ1n) is 5.92. The lowest BCUT2D eigenvalue weighted by Gasteiger charge is -2.45. The quantitative estimate of drug-likeness (QED) is 0.885. The molecule has 0 spiro atoms. The SMILES string of the molecule is CCn1ncc(Cl)c1C1(O)CC(C(C)C)C1. The summed E-state index contributed by atoms with van der Waals surface area (Å²) in [7, 11) is 0. The molecule has 2 rings (SSSR count). The Morgan fingerprint density at radius 1 is 1.62 bits per heavy atom. The average Bonchev–Trinajstić information content (AvgIpc) is 2.54. The molecular formula is C12H19ClN2O. The molecule has 1 N–H and O–H groups in total. The van der Waals surface area contributed by atoms with Crippen LogP contribution in [0.25, 0.3) is 0 Å². The number of aryl methyl sites for hydroxylation is 1. The molecule has 3 nitrogen and oxygen atoms in total. The van der Waals surface area contributed by atoms with Gasteiger partial charge in [0.25, 0.3) is 0 Å². The Morgan fingerprint density at radius 3 is 2.75 bits per heavy atom. The van der Waals surface area contributed by atoms with Crippen molar-refractivity contribution in [3.63, 3.8) is 0 Å². The van der Waals surface area contributed by atoms with E-state index in [1.165, 1.54) is 0 Å². The molecule has 1 fully saturated rings. The fraction of sp³-hybridized carbons (Fsp3) is 0.750. The van der Waals surface area contributed by atoms with Gasteiger partial charge in [0.2, 0.25) is 0 Å². The predicted octanol–water partition coefficient (Wildman–Crippen LogP) is 2.81. The first kappa shape index (κ1) is 11.9. The van der Waals surface area contributed by atoms with Crippen LogP contribution < -0.4 is 0 Å². The minimum atomic E-state index is -0.751. The molecule has 4 heteroatoms. The van der Waals surface area contributed by atoms with Gasteiger partial charge in [-0.2, -0.15) is 5.10 Å². The van der Waals surface area contributed by atoms with E-state index in [0.717, 1.165) is 25.1 Å². The Labute approximate surface area is 101 Å². The molecule has 0 unspecified atom stereocenters. The second-order valence-corrected chi connectivity index (χ2v) is 5.51. The summed E-state index contributed by atoms with van der Waals surface area (Å²) < 4.78 is 1.80. The maximum Gasteiger partial charge on any atom is 0.108 e. The Hall–Kier alpha value is -0.540. The van der Waals surface area contributed by atoms with Crippen molar-refractivity contribution in [2.45, 2.75) is 45.8 Å². The molecule has 1 saturated carbocycles. The zero-order chi connectivity index (χ0) is 11.9. The molecule has 90 valence electrons. The minimum Gasteiger partial charge on any atom is -0.383 e. The third-order valence-corrected chi connectivity index (χ3v) is 3.95. The van der Waals surface area contributed by atoms with E-state index < -0.39 is 5.60 Å². The van der Waals surface area contributed by atoms with Gasteiger partial charge in [0.15, 0.2) is 0 Å². The van der Waals surface area contributed by atoms with Gasteiger partial charge in [0.1, 0.15) is 5.60 Å². The van der Waals surface area contributed by atoms with Crippen molar-refractivity contribution in [2.75, 3.05) is 0 Å². The first-order chi connectivity index (χ1) is 7.48. The summed E-state index contributed by atoms with van der Waals surface area (Å²) in [6.45, 7) is 7.15. The summed E-state index contributed by atoms with van der Waals surface area (Å²) in [5, 5.41) is 15.3. The van der Waals surface area contributed by atoms with Gasteiger partial charge in [0.05, 0.1) is 16.9 Å². The summed E-state index contributed by atoms with van der Waals surface area (Å²) >= 11 is 6.10. The molecule has 0 aliphatic heterocycles. The number of hydrogen-bond donors (Lipinski definition) is 1. The lowest BCUT2D eigenvalue weighted by Crippen LogP contribution is -2.44. The van der Waals surface area contributed by atoms with Crippen LogP contribution in [0.4, 0.5) is 0 Å². The Bertz CT molecular complexity index is 380. The van der Waals surface area contributed by atoms with Crippen LogP contribution in [0.1, 0.15) is 39.3 Å². The van der Waals surface area contributed by atoms with Gasteiger partial charge in [-0.25, -0.2) is 0 Å². The number of aliphatic hydroxyl groups is 1. The van der Waals surface area contributed by atoms with Crippen LogP contribution in [-0.2, 0) is 12.1 Å². The normalized spacial score (nSPS) is 29.5. The van der Waals surface area contributed by atoms with E-state index in [1.807, 2.05) is 6.92 Å². The summed E-state index contributed by atoms with van der Waals surface area (Å²) in [6, 6.07) is 0. The van der Waals surface area contributed by atoms with E-state index in [9.17, 15) is 5.11 Å². The van der Waals surface area contributed by atoms with Gasteiger partial charge in [-0.1, -0.05) is 25.4 Å². The average molecular weight is 243 g/mol. The molecule has 0 saturated heterocycles. The van der Waals surface area contributed by atoms with Crippen molar-refractivity contribution in [1.82, 2.24) is 9.78 Å². The summed E-state index contributed by atoms with van der Waals surface area (Å²) in [5.41, 5.74) is 0.0481. The highest BCUT2D eigenvalue weighted by Crippen LogP contribution is 2.50. The van der Waals surface area contributed by atoms with Gasteiger partial charge >= 0.3 is 0 Å². The molecule has 1 heterocycles. The molecule has 16 heavy (non-hydrogen) atoms. The Kier molecular flexibility index (Phi) is 3.01. The van der Waals surface area contributed by atoms with Gasteiger partial charge < -0.3 is 5.11 Å². The maximum absolute atomic E-state index is 10.5. The van der Waals surface area contributed by atoms with Crippen molar-refractivity contribution in [1.29, 1.82) is 0 Å². The zero-order valence-electron chi connectivity index (χ0n) is 10.1. The first-order valence-corrected chi connectivity index (χ1v) is 6.30. The van der Waals surface area contributed by atoms with Crippen LogP contribution in [0.2, 0.25) is 5.02 Å². The second-order valence-electron chi connectivity index (χ2n) is 5.10. The third kappa shape index (κ3) is 1.76. The van der Waals surface area contributed by atoms with Crippen LogP contribution in [0.15, 0.2) is 6.20 Å². The van der Waals surface area contributed by atoms with E-state index in [4.69, 9.17) is 11.6 Å². The highest BCUT2D eigenvalue weighted by atomic mass is 35.5. The van der Waals surface area contributed by atoms with E-state index in [2.05, 4.69) is 18.9 Å². The number of nitrogens with zero attached hydrogens (tertiary/aromatic N) is 2. The van der Waals surface area contributed by atoms with Crippen molar-refractivity contribution in [3.8, 4) is 0 Å². The molecular weight excluding hydrogens is 224 g/mol. The second kappa shape index (κ2) is 4.04. The van der Waals surface area contributed by atoms with E-state index in [1.54, 1.807) is 10.9 Å². The van der Waals surface area contributed by atoms with Crippen molar-refractivity contribution < 1.29 is 5.11 Å². The summed E-state index contributed by atoms with van der Waals surface area (Å²) in [5.74, 6) is 1.22. The monoisotopic (exact) mass is 242 g/mol. The summed E-state index contributed by atoms with van der Waals surface area (Å²) in [6.07, 6.45) is 3.23. The summed E-state index contributed by atoms with van der Waals surface area (Å²) in [4.78, 5) is 0. The van der Waals surface area contributed by atoms with E-state index in [-0.39, 0.29) is 0 Å². The molecule has 1 aromatic heterocycles. The highest BCUT2D eigenvalue weighted by Gasteiger charge is 2.48. The molecule has 1 aliphatic rings. The van der Waals surface area contributed by atoms with Crippen LogP contribution in [0.3, 0.4) is 0 Å². The van der Waals surface area contributed by atoms with Crippen molar-refractivity contribution in [3.05, 3.63) is 16.9 Å². The van der Waals surface area contributed by atoms with E-state index >= 15 is 0 Å². The van der Waals surface area contributed by atoms with Gasteiger partial charge in [-0.15, -0.1) is 0 Å². The van der Waals surface area contributed by atoms with Crippen molar-refractivity contribution >= 4 is 11.6 Å². The largest absolute Gasteiger partial charge is 0.383 e. The lowest BCUT2D eigenvalue weighted by atomic mass is 9.65. The highest BCUT2D eigenvalue weighted by molar-refractivity contribution is 6.31. The van der Waals surface area contributed by atoms with Crippen LogP contribution >= 0.6 is 11.6 Å². The lowest BCUT2D eigenvalue weighted by molar-refractivity contribution is -0.0992. The van der Waals surface area contributed by atoms with Gasteiger partial charge in [-0.3, -0.25) is 4.68 Å². The fourth-order valence-electron chi connectivity index (χ4n) is 2.54. The Morgan fingerprint density at radius 2 is 2.25 bits per heavy atom. The maximum atomic E-state index is 10.5.